The summed E-state index contributed by atoms with van der Waals surface area (Å²) in [5.41, 5.74) is 4.21. The summed E-state index contributed by atoms with van der Waals surface area (Å²) in [5, 5.41) is 0. The van der Waals surface area contributed by atoms with Crippen LogP contribution in [0.25, 0.3) is 0 Å². The molecule has 13 aliphatic rings. The highest BCUT2D eigenvalue weighted by atomic mass is 15.2. The Labute approximate surface area is 505 Å². The van der Waals surface area contributed by atoms with Crippen LogP contribution in [0.2, 0.25) is 0 Å². The van der Waals surface area contributed by atoms with Gasteiger partial charge in [0, 0.05) is 71.8 Å². The van der Waals surface area contributed by atoms with E-state index in [2.05, 4.69) is 68.2 Å². The van der Waals surface area contributed by atoms with Crippen molar-refractivity contribution >= 4 is 0 Å². The lowest BCUT2D eigenvalue weighted by atomic mass is 9.52. The summed E-state index contributed by atoms with van der Waals surface area (Å²) in [6.07, 6.45) is 95.6. The molecule has 8 atom stereocenters. The van der Waals surface area contributed by atoms with Gasteiger partial charge in [-0.25, -0.2) is 0 Å². The second-order valence-electron chi connectivity index (χ2n) is 31.8. The van der Waals surface area contributed by atoms with Gasteiger partial charge in [-0.1, -0.05) is 119 Å². The molecule has 4 nitrogen and oxygen atoms in total. The van der Waals surface area contributed by atoms with Crippen molar-refractivity contribution < 1.29 is 0 Å². The van der Waals surface area contributed by atoms with Gasteiger partial charge in [-0.2, -0.15) is 0 Å². The first kappa shape index (κ1) is 59.2. The fourth-order valence-electron chi connectivity index (χ4n) is 23.5. The molecule has 0 amide bonds. The van der Waals surface area contributed by atoms with Gasteiger partial charge in [0.2, 0.25) is 0 Å². The number of hydrogen-bond donors (Lipinski definition) is 0. The largest absolute Gasteiger partial charge is 0.369 e. The van der Waals surface area contributed by atoms with Crippen molar-refractivity contribution in [3.63, 3.8) is 0 Å². The molecule has 0 saturated heterocycles. The lowest BCUT2D eigenvalue weighted by Gasteiger charge is -2.57. The van der Waals surface area contributed by atoms with Crippen molar-refractivity contribution in [1.82, 2.24) is 19.6 Å². The van der Waals surface area contributed by atoms with Crippen molar-refractivity contribution in [3.8, 4) is 0 Å². The van der Waals surface area contributed by atoms with Crippen LogP contribution in [-0.2, 0) is 0 Å². The molecule has 13 rings (SSSR count). The van der Waals surface area contributed by atoms with Gasteiger partial charge in [0.05, 0.1) is 0 Å². The predicted octanol–water partition coefficient (Wildman–Crippen LogP) is 21.1. The zero-order valence-electron chi connectivity index (χ0n) is 53.2. The molecule has 458 valence electrons. The Kier molecular flexibility index (Phi) is 21.0. The quantitative estimate of drug-likeness (QED) is 0.143. The molecule has 8 fully saturated rings. The van der Waals surface area contributed by atoms with Crippen molar-refractivity contribution in [2.24, 2.45) is 40.9 Å². The first-order chi connectivity index (χ1) is 40.6. The molecule has 4 heteroatoms. The number of allylic oxidation sites excluding steroid dienone is 7. The zero-order chi connectivity index (χ0) is 54.9. The van der Waals surface area contributed by atoms with Gasteiger partial charge in [0.25, 0.3) is 0 Å². The minimum Gasteiger partial charge on any atom is -0.369 e. The third kappa shape index (κ3) is 13.7. The molecule has 8 unspecified atom stereocenters. The molecule has 0 aliphatic heterocycles. The summed E-state index contributed by atoms with van der Waals surface area (Å²) in [4.78, 5) is 12.8. The lowest BCUT2D eigenvalue weighted by molar-refractivity contribution is -0.0629. The fraction of sp³-hybridized carbons (Fsp3) is 0.872. The van der Waals surface area contributed by atoms with Crippen molar-refractivity contribution in [2.45, 2.75) is 388 Å². The zero-order valence-corrected chi connectivity index (χ0v) is 53.2. The van der Waals surface area contributed by atoms with Crippen LogP contribution in [0.1, 0.15) is 327 Å². The second kappa shape index (κ2) is 29.0. The summed E-state index contributed by atoms with van der Waals surface area (Å²) in [6, 6.07) is 7.99. The summed E-state index contributed by atoms with van der Waals surface area (Å²) in [7, 11) is 0. The molecule has 0 N–H and O–H groups in total. The van der Waals surface area contributed by atoms with Gasteiger partial charge in [-0.15, -0.1) is 0 Å². The van der Waals surface area contributed by atoms with E-state index in [0.29, 0.717) is 17.5 Å². The third-order valence-electron chi connectivity index (χ3n) is 27.5. The van der Waals surface area contributed by atoms with Gasteiger partial charge in [-0.05, 0) is 298 Å². The highest BCUT2D eigenvalue weighted by Crippen LogP contribution is 2.59. The summed E-state index contributed by atoms with van der Waals surface area (Å²) < 4.78 is 0. The molecular formula is C78H126N4. The normalized spacial score (nSPS) is 39.4. The maximum absolute atomic E-state index is 3.40. The molecule has 8 saturated carbocycles. The van der Waals surface area contributed by atoms with Crippen LogP contribution in [0.4, 0.5) is 0 Å². The second-order valence-corrected chi connectivity index (χ2v) is 31.8. The molecule has 0 aromatic carbocycles. The minimum absolute atomic E-state index is 0.609. The first-order valence-corrected chi connectivity index (χ1v) is 38.1. The van der Waals surface area contributed by atoms with Gasteiger partial charge in [0.15, 0.2) is 0 Å². The van der Waals surface area contributed by atoms with Crippen molar-refractivity contribution in [3.05, 3.63) is 60.0 Å². The highest BCUT2D eigenvalue weighted by molar-refractivity contribution is 5.16. The van der Waals surface area contributed by atoms with E-state index in [1.165, 1.54) is 295 Å². The van der Waals surface area contributed by atoms with Gasteiger partial charge in [-0.3, -0.25) is 9.80 Å². The van der Waals surface area contributed by atoms with Gasteiger partial charge >= 0.3 is 0 Å². The Morgan fingerprint density at radius 1 is 0.293 bits per heavy atom. The highest BCUT2D eigenvalue weighted by Gasteiger charge is 2.51. The van der Waals surface area contributed by atoms with Gasteiger partial charge < -0.3 is 9.80 Å². The molecule has 13 aliphatic carbocycles. The fourth-order valence-corrected chi connectivity index (χ4v) is 23.5. The van der Waals surface area contributed by atoms with Crippen LogP contribution in [-0.4, -0.2) is 80.0 Å². The molecule has 0 heterocycles. The van der Waals surface area contributed by atoms with E-state index in [1.807, 2.05) is 5.70 Å². The topological polar surface area (TPSA) is 13.0 Å². The molecule has 0 aromatic heterocycles. The number of rotatable bonds is 16. The maximum atomic E-state index is 3.40. The van der Waals surface area contributed by atoms with E-state index in [1.54, 1.807) is 37.8 Å². The summed E-state index contributed by atoms with van der Waals surface area (Å²) in [6.45, 7) is 0. The standard InChI is InChI=1S/C78H126N4/c1-8-26-66(27-9-1)79(67-28-10-2-11-29-67)72-48-40-60(41-49-72)62-44-52-74(53-45-62)81(70-34-16-5-17-35-70)76-38-22-24-64(58-76)78(56-20-7-21-57-78)65-25-23-39-77(59-65)82(71-36-18-6-19-37-71)75-54-46-63(47-55-75)61-42-50-73(51-43-61)80(68-30-12-3-13-31-68)69-32-14-4-15-33-69/h1,8,10,12,28,30,34,50,60-69,71-72,74-77H,2-7,9,11,13-27,29,31-33,35-49,51-59H2. The van der Waals surface area contributed by atoms with Crippen molar-refractivity contribution in [1.29, 1.82) is 0 Å². The summed E-state index contributed by atoms with van der Waals surface area (Å²) >= 11 is 0. The Bertz CT molecular complexity index is 2090. The average Bonchev–Trinajstić information content (AvgIpc) is 3.72. The number of hydrogen-bond acceptors (Lipinski definition) is 4. The van der Waals surface area contributed by atoms with Crippen LogP contribution in [0.15, 0.2) is 60.0 Å². The van der Waals surface area contributed by atoms with E-state index < -0.39 is 0 Å². The van der Waals surface area contributed by atoms with Crippen LogP contribution < -0.4 is 0 Å². The van der Waals surface area contributed by atoms with E-state index in [4.69, 9.17) is 0 Å². The van der Waals surface area contributed by atoms with Crippen LogP contribution in [0, 0.1) is 40.9 Å². The smallest absolute Gasteiger partial charge is 0.0473 e. The van der Waals surface area contributed by atoms with Crippen molar-refractivity contribution in [2.75, 3.05) is 0 Å². The SMILES string of the molecule is C1=CC(N(C2=CCC(C3CCC(N(C4CCCCC4)C4CCCC(C5(C6CCCC(N(C7=CCCCC7)C7CCC(C8CCC(N(C9C=CCCC9)C9CC=CCC9)CC8)CC7)C6)CCCCC5)C4)CC3)CC2)C2CCCCC2)CCC1. The monoisotopic (exact) mass is 1120 g/mol. The van der Waals surface area contributed by atoms with E-state index >= 15 is 0 Å². The Hall–Kier alpha value is -1.78. The lowest BCUT2D eigenvalue weighted by Crippen LogP contribution is -2.55. The minimum atomic E-state index is 0.609. The molecule has 0 radical (unpaired) electrons. The number of nitrogens with zero attached hydrogens (tertiary/aromatic N) is 4. The third-order valence-corrected chi connectivity index (χ3v) is 27.5. The van der Waals surface area contributed by atoms with E-state index in [9.17, 15) is 0 Å². The first-order valence-electron chi connectivity index (χ1n) is 38.1. The molecule has 0 spiro atoms. The van der Waals surface area contributed by atoms with Crippen LogP contribution in [0.3, 0.4) is 0 Å². The van der Waals surface area contributed by atoms with E-state index in [0.717, 1.165) is 83.8 Å². The predicted molar refractivity (Wildman–Crippen MR) is 348 cm³/mol. The maximum Gasteiger partial charge on any atom is 0.0473 e. The van der Waals surface area contributed by atoms with E-state index in [-0.39, 0.29) is 0 Å². The Morgan fingerprint density at radius 3 is 1.44 bits per heavy atom. The average molecular weight is 1120 g/mol. The molecule has 0 aromatic rings. The Morgan fingerprint density at radius 2 is 0.841 bits per heavy atom. The van der Waals surface area contributed by atoms with Crippen LogP contribution >= 0.6 is 0 Å². The van der Waals surface area contributed by atoms with Gasteiger partial charge in [0.1, 0.15) is 0 Å². The Balaban J connectivity index is 0.655. The summed E-state index contributed by atoms with van der Waals surface area (Å²) in [5.74, 6) is 5.81. The molecular weight excluding hydrogens is 993 g/mol. The molecule has 0 bridgehead atoms. The molecule has 82 heavy (non-hydrogen) atoms. The van der Waals surface area contributed by atoms with Crippen LogP contribution in [0.5, 0.6) is 0 Å².